The number of fused-ring (bicyclic) bond motifs is 1. The van der Waals surface area contributed by atoms with E-state index in [2.05, 4.69) is 5.32 Å². The normalized spacial score (nSPS) is 23.0. The van der Waals surface area contributed by atoms with Gasteiger partial charge in [-0.15, -0.1) is 0 Å². The van der Waals surface area contributed by atoms with Gasteiger partial charge in [-0.1, -0.05) is 25.0 Å². The highest BCUT2D eigenvalue weighted by Gasteiger charge is 2.41. The molecule has 1 aliphatic carbocycles. The van der Waals surface area contributed by atoms with E-state index in [1.165, 1.54) is 11.8 Å². The summed E-state index contributed by atoms with van der Waals surface area (Å²) in [5, 5.41) is 2.72. The summed E-state index contributed by atoms with van der Waals surface area (Å²) in [6.07, 6.45) is 3.28. The van der Waals surface area contributed by atoms with E-state index in [1.54, 1.807) is 29.2 Å². The molecule has 29 heavy (non-hydrogen) atoms. The molecule has 4 rings (SSSR count). The van der Waals surface area contributed by atoms with Crippen LogP contribution in [-0.4, -0.2) is 53.8 Å². The SMILES string of the molecule is C[C@H](OC(=O)[C@H]1CC(=O)N(C2CCCC2)C1)C(=O)N1CC(=O)Nc2ccccc21. The highest BCUT2D eigenvalue weighted by Crippen LogP contribution is 2.31. The first-order valence-electron chi connectivity index (χ1n) is 10.1. The predicted molar refractivity (Wildman–Crippen MR) is 105 cm³/mol. The van der Waals surface area contributed by atoms with Gasteiger partial charge in [0, 0.05) is 19.0 Å². The summed E-state index contributed by atoms with van der Waals surface area (Å²) in [5.74, 6) is -1.86. The highest BCUT2D eigenvalue weighted by atomic mass is 16.5. The first-order chi connectivity index (χ1) is 13.9. The molecule has 1 aromatic carbocycles. The lowest BCUT2D eigenvalue weighted by Gasteiger charge is -2.31. The van der Waals surface area contributed by atoms with E-state index in [9.17, 15) is 19.2 Å². The summed E-state index contributed by atoms with van der Waals surface area (Å²) < 4.78 is 5.42. The quantitative estimate of drug-likeness (QED) is 0.778. The lowest BCUT2D eigenvalue weighted by atomic mass is 10.1. The fourth-order valence-electron chi connectivity index (χ4n) is 4.43. The number of benzene rings is 1. The van der Waals surface area contributed by atoms with Gasteiger partial charge in [-0.05, 0) is 31.9 Å². The van der Waals surface area contributed by atoms with Crippen molar-refractivity contribution in [2.45, 2.75) is 51.2 Å². The Morgan fingerprint density at radius 2 is 1.90 bits per heavy atom. The molecule has 2 atom stereocenters. The van der Waals surface area contributed by atoms with Crippen LogP contribution >= 0.6 is 0 Å². The molecule has 1 N–H and O–H groups in total. The van der Waals surface area contributed by atoms with Crippen molar-refractivity contribution in [3.63, 3.8) is 0 Å². The molecule has 2 aliphatic heterocycles. The van der Waals surface area contributed by atoms with E-state index in [4.69, 9.17) is 4.74 Å². The molecule has 154 valence electrons. The number of amides is 3. The molecule has 0 unspecified atom stereocenters. The Morgan fingerprint density at radius 1 is 1.17 bits per heavy atom. The lowest BCUT2D eigenvalue weighted by molar-refractivity contribution is -0.157. The van der Waals surface area contributed by atoms with Gasteiger partial charge in [0.25, 0.3) is 5.91 Å². The summed E-state index contributed by atoms with van der Waals surface area (Å²) in [6, 6.07) is 7.21. The molecule has 3 amide bonds. The molecule has 0 aromatic heterocycles. The molecule has 1 saturated heterocycles. The van der Waals surface area contributed by atoms with Gasteiger partial charge in [-0.25, -0.2) is 0 Å². The van der Waals surface area contributed by atoms with Crippen LogP contribution in [0.1, 0.15) is 39.0 Å². The number of carbonyl (C=O) groups excluding carboxylic acids is 4. The average Bonchev–Trinajstić information content (AvgIpc) is 3.36. The van der Waals surface area contributed by atoms with E-state index in [0.29, 0.717) is 17.9 Å². The lowest BCUT2D eigenvalue weighted by Crippen LogP contribution is -2.47. The van der Waals surface area contributed by atoms with Gasteiger partial charge < -0.3 is 15.0 Å². The summed E-state index contributed by atoms with van der Waals surface area (Å²) in [7, 11) is 0. The number of ether oxygens (including phenoxy) is 1. The van der Waals surface area contributed by atoms with Crippen molar-refractivity contribution < 1.29 is 23.9 Å². The average molecular weight is 399 g/mol. The largest absolute Gasteiger partial charge is 0.452 e. The number of nitrogens with zero attached hydrogens (tertiary/aromatic N) is 2. The Balaban J connectivity index is 1.40. The summed E-state index contributed by atoms with van der Waals surface area (Å²) in [4.78, 5) is 52.9. The van der Waals surface area contributed by atoms with Crippen LogP contribution in [-0.2, 0) is 23.9 Å². The molecular weight excluding hydrogens is 374 g/mol. The van der Waals surface area contributed by atoms with Crippen molar-refractivity contribution in [2.75, 3.05) is 23.3 Å². The number of hydrogen-bond donors (Lipinski definition) is 1. The van der Waals surface area contributed by atoms with E-state index in [1.807, 2.05) is 0 Å². The van der Waals surface area contributed by atoms with Crippen LogP contribution in [0.15, 0.2) is 24.3 Å². The Morgan fingerprint density at radius 3 is 2.66 bits per heavy atom. The zero-order chi connectivity index (χ0) is 20.5. The minimum atomic E-state index is -1.04. The van der Waals surface area contributed by atoms with Crippen molar-refractivity contribution in [3.8, 4) is 0 Å². The van der Waals surface area contributed by atoms with Crippen LogP contribution in [0.4, 0.5) is 11.4 Å². The summed E-state index contributed by atoms with van der Waals surface area (Å²) in [6.45, 7) is 1.73. The molecule has 0 spiro atoms. The van der Waals surface area contributed by atoms with Crippen molar-refractivity contribution in [1.29, 1.82) is 0 Å². The number of hydrogen-bond acceptors (Lipinski definition) is 5. The number of anilines is 2. The van der Waals surface area contributed by atoms with Gasteiger partial charge in [-0.3, -0.25) is 24.1 Å². The maximum absolute atomic E-state index is 12.9. The summed E-state index contributed by atoms with van der Waals surface area (Å²) in [5.41, 5.74) is 1.12. The van der Waals surface area contributed by atoms with Crippen molar-refractivity contribution in [3.05, 3.63) is 24.3 Å². The van der Waals surface area contributed by atoms with Crippen LogP contribution in [0.2, 0.25) is 0 Å². The topological polar surface area (TPSA) is 96.0 Å². The molecule has 1 aromatic rings. The van der Waals surface area contributed by atoms with Gasteiger partial charge in [0.15, 0.2) is 6.10 Å². The van der Waals surface area contributed by atoms with E-state index in [0.717, 1.165) is 25.7 Å². The molecule has 0 radical (unpaired) electrons. The van der Waals surface area contributed by atoms with Crippen LogP contribution in [0.25, 0.3) is 0 Å². The molecule has 0 bridgehead atoms. The maximum atomic E-state index is 12.9. The minimum Gasteiger partial charge on any atom is -0.452 e. The van der Waals surface area contributed by atoms with Gasteiger partial charge in [0.2, 0.25) is 11.8 Å². The maximum Gasteiger partial charge on any atom is 0.312 e. The molecular formula is C21H25N3O5. The van der Waals surface area contributed by atoms with Crippen molar-refractivity contribution in [1.82, 2.24) is 4.90 Å². The number of para-hydroxylation sites is 2. The second-order valence-electron chi connectivity index (χ2n) is 7.95. The van der Waals surface area contributed by atoms with Gasteiger partial charge in [0.1, 0.15) is 6.54 Å². The fraction of sp³-hybridized carbons (Fsp3) is 0.524. The van der Waals surface area contributed by atoms with Gasteiger partial charge in [-0.2, -0.15) is 0 Å². The molecule has 2 fully saturated rings. The predicted octanol–water partition coefficient (Wildman–Crippen LogP) is 1.69. The van der Waals surface area contributed by atoms with Gasteiger partial charge >= 0.3 is 5.97 Å². The second-order valence-corrected chi connectivity index (χ2v) is 7.95. The van der Waals surface area contributed by atoms with Crippen LogP contribution in [0.3, 0.4) is 0 Å². The second kappa shape index (κ2) is 7.85. The number of carbonyl (C=O) groups is 4. The van der Waals surface area contributed by atoms with E-state index in [-0.39, 0.29) is 30.8 Å². The molecule has 8 heteroatoms. The minimum absolute atomic E-state index is 0.0144. The number of rotatable bonds is 4. The van der Waals surface area contributed by atoms with Crippen molar-refractivity contribution in [2.24, 2.45) is 5.92 Å². The standard InChI is InChI=1S/C21H25N3O5/c1-13(20(27)24-12-18(25)22-16-8-4-5-9-17(16)24)29-21(28)14-10-19(26)23(11-14)15-6-2-3-7-15/h4-5,8-9,13-15H,2-3,6-7,10-12H2,1H3,(H,22,25)/t13-,14-/m0/s1. The highest BCUT2D eigenvalue weighted by molar-refractivity contribution is 6.11. The fourth-order valence-corrected chi connectivity index (χ4v) is 4.43. The monoisotopic (exact) mass is 399 g/mol. The summed E-state index contributed by atoms with van der Waals surface area (Å²) >= 11 is 0. The Labute approximate surface area is 169 Å². The number of esters is 1. The van der Waals surface area contributed by atoms with E-state index < -0.39 is 23.9 Å². The zero-order valence-electron chi connectivity index (χ0n) is 16.4. The van der Waals surface area contributed by atoms with Crippen LogP contribution in [0.5, 0.6) is 0 Å². The third kappa shape index (κ3) is 3.83. The number of nitrogens with one attached hydrogen (secondary N) is 1. The smallest absolute Gasteiger partial charge is 0.312 e. The van der Waals surface area contributed by atoms with Crippen LogP contribution in [0, 0.1) is 5.92 Å². The van der Waals surface area contributed by atoms with Crippen molar-refractivity contribution >= 4 is 35.1 Å². The molecule has 1 saturated carbocycles. The Bertz CT molecular complexity index is 848. The third-order valence-corrected chi connectivity index (χ3v) is 5.93. The van der Waals surface area contributed by atoms with E-state index >= 15 is 0 Å². The molecule has 2 heterocycles. The van der Waals surface area contributed by atoms with Crippen LogP contribution < -0.4 is 10.2 Å². The Kier molecular flexibility index (Phi) is 5.25. The Hall–Kier alpha value is -2.90. The first kappa shape index (κ1) is 19.4. The number of likely N-dealkylation sites (tertiary alicyclic amines) is 1. The third-order valence-electron chi connectivity index (χ3n) is 5.93. The zero-order valence-corrected chi connectivity index (χ0v) is 16.4. The first-order valence-corrected chi connectivity index (χ1v) is 10.1. The molecule has 3 aliphatic rings. The molecule has 8 nitrogen and oxygen atoms in total. The van der Waals surface area contributed by atoms with Gasteiger partial charge in [0.05, 0.1) is 17.3 Å².